The summed E-state index contributed by atoms with van der Waals surface area (Å²) in [6.07, 6.45) is 0.306. The summed E-state index contributed by atoms with van der Waals surface area (Å²) in [6, 6.07) is 5.10. The highest BCUT2D eigenvalue weighted by Gasteiger charge is 2.10. The van der Waals surface area contributed by atoms with Gasteiger partial charge in [-0.25, -0.2) is 0 Å². The van der Waals surface area contributed by atoms with Crippen molar-refractivity contribution >= 4 is 17.5 Å². The molecule has 7 nitrogen and oxygen atoms in total. The van der Waals surface area contributed by atoms with E-state index in [-0.39, 0.29) is 23.1 Å². The molecule has 0 aliphatic rings. The lowest BCUT2D eigenvalue weighted by Gasteiger charge is -2.08. The second kappa shape index (κ2) is 6.48. The number of hydrazine groups is 1. The zero-order chi connectivity index (χ0) is 14.4. The molecule has 19 heavy (non-hydrogen) atoms. The molecule has 7 heteroatoms. The van der Waals surface area contributed by atoms with Crippen molar-refractivity contribution < 1.29 is 14.5 Å². The van der Waals surface area contributed by atoms with Crippen molar-refractivity contribution in [3.63, 3.8) is 0 Å². The van der Waals surface area contributed by atoms with Crippen molar-refractivity contribution in [1.29, 1.82) is 0 Å². The van der Waals surface area contributed by atoms with Crippen molar-refractivity contribution in [2.75, 3.05) is 0 Å². The Bertz CT molecular complexity index is 482. The van der Waals surface area contributed by atoms with Crippen LogP contribution in [0.4, 0.5) is 5.69 Å². The molecule has 0 fully saturated rings. The van der Waals surface area contributed by atoms with Gasteiger partial charge in [0, 0.05) is 24.1 Å². The monoisotopic (exact) mass is 265 g/mol. The SMILES string of the molecule is CC(C)CC(=O)NNC(=O)c1ccc([N+](=O)[O-])cc1. The molecule has 1 rings (SSSR count). The number of rotatable bonds is 4. The number of nitro benzene ring substituents is 1. The summed E-state index contributed by atoms with van der Waals surface area (Å²) in [6.45, 7) is 3.77. The molecule has 0 aliphatic heterocycles. The van der Waals surface area contributed by atoms with Crippen LogP contribution in [0, 0.1) is 16.0 Å². The van der Waals surface area contributed by atoms with Gasteiger partial charge >= 0.3 is 0 Å². The normalized spacial score (nSPS) is 10.1. The summed E-state index contributed by atoms with van der Waals surface area (Å²) in [5.74, 6) is -0.617. The van der Waals surface area contributed by atoms with Crippen LogP contribution < -0.4 is 10.9 Å². The van der Waals surface area contributed by atoms with Gasteiger partial charge in [-0.2, -0.15) is 0 Å². The molecule has 0 saturated heterocycles. The second-order valence-electron chi connectivity index (χ2n) is 4.40. The Morgan fingerprint density at radius 2 is 1.79 bits per heavy atom. The first-order valence-corrected chi connectivity index (χ1v) is 5.73. The molecule has 1 aromatic carbocycles. The van der Waals surface area contributed by atoms with Crippen LogP contribution in [0.15, 0.2) is 24.3 Å². The summed E-state index contributed by atoms with van der Waals surface area (Å²) >= 11 is 0. The lowest BCUT2D eigenvalue weighted by Crippen LogP contribution is -2.41. The lowest BCUT2D eigenvalue weighted by atomic mass is 10.1. The van der Waals surface area contributed by atoms with Gasteiger partial charge in [-0.05, 0) is 18.1 Å². The summed E-state index contributed by atoms with van der Waals surface area (Å²) < 4.78 is 0. The Kier molecular flexibility index (Phi) is 4.99. The molecule has 102 valence electrons. The van der Waals surface area contributed by atoms with E-state index in [1.807, 2.05) is 13.8 Å². The van der Waals surface area contributed by atoms with Crippen LogP contribution in [0.1, 0.15) is 30.6 Å². The molecule has 0 radical (unpaired) electrons. The molecule has 1 aromatic rings. The molecule has 0 bridgehead atoms. The zero-order valence-corrected chi connectivity index (χ0v) is 10.7. The molecule has 0 saturated carbocycles. The van der Waals surface area contributed by atoms with Gasteiger partial charge < -0.3 is 0 Å². The smallest absolute Gasteiger partial charge is 0.269 e. The fraction of sp³-hybridized carbons (Fsp3) is 0.333. The van der Waals surface area contributed by atoms with E-state index in [0.29, 0.717) is 6.42 Å². The van der Waals surface area contributed by atoms with Crippen molar-refractivity contribution in [2.45, 2.75) is 20.3 Å². The quantitative estimate of drug-likeness (QED) is 0.634. The van der Waals surface area contributed by atoms with Gasteiger partial charge in [0.1, 0.15) is 0 Å². The number of hydrogen-bond acceptors (Lipinski definition) is 4. The number of non-ortho nitro benzene ring substituents is 1. The third kappa shape index (κ3) is 4.74. The van der Waals surface area contributed by atoms with Crippen molar-refractivity contribution in [1.82, 2.24) is 10.9 Å². The third-order valence-corrected chi connectivity index (χ3v) is 2.25. The van der Waals surface area contributed by atoms with E-state index < -0.39 is 10.8 Å². The molecule has 2 amide bonds. The fourth-order valence-corrected chi connectivity index (χ4v) is 1.35. The number of nitrogens with one attached hydrogen (secondary N) is 2. The Morgan fingerprint density at radius 1 is 1.21 bits per heavy atom. The summed E-state index contributed by atoms with van der Waals surface area (Å²) in [5, 5.41) is 10.4. The largest absolute Gasteiger partial charge is 0.273 e. The maximum Gasteiger partial charge on any atom is 0.269 e. The van der Waals surface area contributed by atoms with Crippen molar-refractivity contribution in [2.24, 2.45) is 5.92 Å². The van der Waals surface area contributed by atoms with E-state index in [1.165, 1.54) is 24.3 Å². The minimum absolute atomic E-state index is 0.0969. The second-order valence-corrected chi connectivity index (χ2v) is 4.40. The number of amides is 2. The minimum atomic E-state index is -0.550. The molecular weight excluding hydrogens is 250 g/mol. The number of nitro groups is 1. The minimum Gasteiger partial charge on any atom is -0.273 e. The van der Waals surface area contributed by atoms with Crippen LogP contribution in [0.5, 0.6) is 0 Å². The van der Waals surface area contributed by atoms with E-state index in [9.17, 15) is 19.7 Å². The number of carbonyl (C=O) groups is 2. The number of hydrogen-bond donors (Lipinski definition) is 2. The van der Waals surface area contributed by atoms with Gasteiger partial charge in [-0.3, -0.25) is 30.6 Å². The van der Waals surface area contributed by atoms with Crippen LogP contribution in [-0.2, 0) is 4.79 Å². The van der Waals surface area contributed by atoms with Crippen LogP contribution in [0.2, 0.25) is 0 Å². The average Bonchev–Trinajstić information content (AvgIpc) is 2.35. The predicted molar refractivity (Wildman–Crippen MR) is 68.2 cm³/mol. The topological polar surface area (TPSA) is 101 Å². The molecule has 0 aliphatic carbocycles. The number of benzene rings is 1. The Morgan fingerprint density at radius 3 is 2.26 bits per heavy atom. The Hall–Kier alpha value is -2.44. The van der Waals surface area contributed by atoms with Crippen LogP contribution >= 0.6 is 0 Å². The van der Waals surface area contributed by atoms with Gasteiger partial charge in [0.25, 0.3) is 11.6 Å². The van der Waals surface area contributed by atoms with Gasteiger partial charge in [-0.15, -0.1) is 0 Å². The predicted octanol–water partition coefficient (Wildman–Crippen LogP) is 1.40. The van der Waals surface area contributed by atoms with E-state index >= 15 is 0 Å². The highest BCUT2D eigenvalue weighted by atomic mass is 16.6. The van der Waals surface area contributed by atoms with Gasteiger partial charge in [-0.1, -0.05) is 13.8 Å². The standard InChI is InChI=1S/C12H15N3O4/c1-8(2)7-11(16)13-14-12(17)9-3-5-10(6-4-9)15(18)19/h3-6,8H,7H2,1-2H3,(H,13,16)(H,14,17). The molecule has 0 heterocycles. The maximum absolute atomic E-state index is 11.6. The fourth-order valence-electron chi connectivity index (χ4n) is 1.35. The Balaban J connectivity index is 2.54. The first-order valence-electron chi connectivity index (χ1n) is 5.73. The van der Waals surface area contributed by atoms with Crippen molar-refractivity contribution in [3.8, 4) is 0 Å². The number of nitrogens with zero attached hydrogens (tertiary/aromatic N) is 1. The first kappa shape index (κ1) is 14.6. The average molecular weight is 265 g/mol. The van der Waals surface area contributed by atoms with Crippen LogP contribution in [0.3, 0.4) is 0 Å². The van der Waals surface area contributed by atoms with Gasteiger partial charge in [0.2, 0.25) is 5.91 Å². The maximum atomic E-state index is 11.6. The highest BCUT2D eigenvalue weighted by molar-refractivity contribution is 5.95. The van der Waals surface area contributed by atoms with E-state index in [0.717, 1.165) is 0 Å². The first-order chi connectivity index (χ1) is 8.90. The van der Waals surface area contributed by atoms with Gasteiger partial charge in [0.15, 0.2) is 0 Å². The van der Waals surface area contributed by atoms with E-state index in [4.69, 9.17) is 0 Å². The van der Waals surface area contributed by atoms with E-state index in [2.05, 4.69) is 10.9 Å². The molecular formula is C12H15N3O4. The van der Waals surface area contributed by atoms with Crippen molar-refractivity contribution in [3.05, 3.63) is 39.9 Å². The zero-order valence-electron chi connectivity index (χ0n) is 10.7. The summed E-state index contributed by atoms with van der Waals surface area (Å²) in [7, 11) is 0. The summed E-state index contributed by atoms with van der Waals surface area (Å²) in [4.78, 5) is 32.8. The summed E-state index contributed by atoms with van der Waals surface area (Å²) in [5.41, 5.74) is 4.66. The third-order valence-electron chi connectivity index (χ3n) is 2.25. The number of carbonyl (C=O) groups excluding carboxylic acids is 2. The molecule has 0 unspecified atom stereocenters. The molecule has 2 N–H and O–H groups in total. The van der Waals surface area contributed by atoms with Gasteiger partial charge in [0.05, 0.1) is 4.92 Å². The van der Waals surface area contributed by atoms with E-state index in [1.54, 1.807) is 0 Å². The molecule has 0 atom stereocenters. The molecule has 0 spiro atoms. The highest BCUT2D eigenvalue weighted by Crippen LogP contribution is 2.11. The lowest BCUT2D eigenvalue weighted by molar-refractivity contribution is -0.384. The Labute approximate surface area is 110 Å². The van der Waals surface area contributed by atoms with Crippen LogP contribution in [-0.4, -0.2) is 16.7 Å². The molecule has 0 aromatic heterocycles. The van der Waals surface area contributed by atoms with Crippen LogP contribution in [0.25, 0.3) is 0 Å².